The Morgan fingerprint density at radius 2 is 1.86 bits per heavy atom. The molecule has 106 valence electrons. The summed E-state index contributed by atoms with van der Waals surface area (Å²) in [7, 11) is 0. The fourth-order valence-corrected chi connectivity index (χ4v) is 2.00. The molecule has 0 aromatic heterocycles. The van der Waals surface area contributed by atoms with Crippen LogP contribution in [0.4, 0.5) is 5.69 Å². The van der Waals surface area contributed by atoms with E-state index in [0.717, 1.165) is 0 Å². The molecule has 0 radical (unpaired) electrons. The second-order valence-electron chi connectivity index (χ2n) is 4.20. The van der Waals surface area contributed by atoms with Crippen molar-refractivity contribution < 1.29 is 14.8 Å². The zero-order valence-electron chi connectivity index (χ0n) is 10.7. The molecule has 0 aliphatic carbocycles. The number of aliphatic carboxylic acids is 1. The molecule has 0 aliphatic rings. The van der Waals surface area contributed by atoms with E-state index in [4.69, 9.17) is 11.6 Å². The third-order valence-electron chi connectivity index (χ3n) is 2.79. The second kappa shape index (κ2) is 6.19. The lowest BCUT2D eigenvalue weighted by atomic mass is 10.0. The molecule has 2 rings (SSSR count). The predicted octanol–water partition coefficient (Wildman–Crippen LogP) is 3.87. The normalized spacial score (nSPS) is 11.2. The average Bonchev–Trinajstić information content (AvgIpc) is 2.46. The highest BCUT2D eigenvalue weighted by Gasteiger charge is 2.14. The van der Waals surface area contributed by atoms with Crippen molar-refractivity contribution in [3.63, 3.8) is 0 Å². The van der Waals surface area contributed by atoms with E-state index in [1.54, 1.807) is 30.3 Å². The van der Waals surface area contributed by atoms with Gasteiger partial charge < -0.3 is 5.11 Å². The minimum Gasteiger partial charge on any atom is -0.478 e. The lowest BCUT2D eigenvalue weighted by molar-refractivity contribution is -0.384. The van der Waals surface area contributed by atoms with Crippen molar-refractivity contribution in [2.24, 2.45) is 0 Å². The Bertz CT molecular complexity index is 726. The largest absolute Gasteiger partial charge is 0.478 e. The maximum Gasteiger partial charge on any atom is 0.336 e. The van der Waals surface area contributed by atoms with Crippen LogP contribution in [0.15, 0.2) is 48.5 Å². The van der Waals surface area contributed by atoms with Crippen LogP contribution in [0.1, 0.15) is 11.1 Å². The summed E-state index contributed by atoms with van der Waals surface area (Å²) in [5.74, 6) is -1.11. The molecule has 0 unspecified atom stereocenters. The molecule has 0 aliphatic heterocycles. The molecular formula is C15H10ClNO4. The molecular weight excluding hydrogens is 294 g/mol. The molecule has 0 heterocycles. The van der Waals surface area contributed by atoms with Crippen LogP contribution in [0.25, 0.3) is 11.6 Å². The summed E-state index contributed by atoms with van der Waals surface area (Å²) < 4.78 is 0. The van der Waals surface area contributed by atoms with Gasteiger partial charge in [-0.25, -0.2) is 4.79 Å². The molecule has 2 aromatic carbocycles. The van der Waals surface area contributed by atoms with Gasteiger partial charge in [0.25, 0.3) is 5.69 Å². The summed E-state index contributed by atoms with van der Waals surface area (Å²) in [5, 5.41) is 20.1. The van der Waals surface area contributed by atoms with Gasteiger partial charge in [0.05, 0.1) is 10.5 Å². The number of nitro groups is 1. The van der Waals surface area contributed by atoms with Crippen LogP contribution in [0.3, 0.4) is 0 Å². The van der Waals surface area contributed by atoms with Gasteiger partial charge in [-0.1, -0.05) is 48.0 Å². The molecule has 0 saturated heterocycles. The molecule has 0 bridgehead atoms. The second-order valence-corrected chi connectivity index (χ2v) is 4.60. The number of carboxylic acids is 1. The van der Waals surface area contributed by atoms with E-state index in [2.05, 4.69) is 0 Å². The maximum absolute atomic E-state index is 11.4. The summed E-state index contributed by atoms with van der Waals surface area (Å²) >= 11 is 5.73. The Hall–Kier alpha value is -2.66. The third kappa shape index (κ3) is 3.46. The lowest BCUT2D eigenvalue weighted by Crippen LogP contribution is -1.99. The van der Waals surface area contributed by atoms with Crippen molar-refractivity contribution in [1.29, 1.82) is 0 Å². The molecule has 0 fully saturated rings. The number of carbonyl (C=O) groups is 1. The number of halogens is 1. The Balaban J connectivity index is 2.52. The van der Waals surface area contributed by atoms with Gasteiger partial charge in [0.2, 0.25) is 0 Å². The molecule has 2 aromatic rings. The smallest absolute Gasteiger partial charge is 0.336 e. The molecule has 5 nitrogen and oxygen atoms in total. The zero-order chi connectivity index (χ0) is 15.4. The number of benzene rings is 2. The highest BCUT2D eigenvalue weighted by atomic mass is 35.5. The molecule has 6 heteroatoms. The predicted molar refractivity (Wildman–Crippen MR) is 80.1 cm³/mol. The Kier molecular flexibility index (Phi) is 4.35. The van der Waals surface area contributed by atoms with Crippen LogP contribution in [0.5, 0.6) is 0 Å². The highest BCUT2D eigenvalue weighted by Crippen LogP contribution is 2.27. The minimum atomic E-state index is -1.11. The molecule has 1 N–H and O–H groups in total. The van der Waals surface area contributed by atoms with Gasteiger partial charge in [0, 0.05) is 6.07 Å². The number of nitrogens with zero attached hydrogens (tertiary/aromatic N) is 1. The standard InChI is InChI=1S/C15H10ClNO4/c16-13-7-6-10(9-14(13)17(20)21)8-12(15(18)19)11-4-2-1-3-5-11/h1-9H,(H,18,19)/b12-8+. The van der Waals surface area contributed by atoms with E-state index in [0.29, 0.717) is 11.1 Å². The van der Waals surface area contributed by atoms with Crippen molar-refractivity contribution in [2.75, 3.05) is 0 Å². The van der Waals surface area contributed by atoms with E-state index in [-0.39, 0.29) is 16.3 Å². The van der Waals surface area contributed by atoms with Crippen molar-refractivity contribution >= 4 is 34.9 Å². The summed E-state index contributed by atoms with van der Waals surface area (Å²) in [6, 6.07) is 12.7. The number of carboxylic acid groups (broad SMARTS) is 1. The van der Waals surface area contributed by atoms with E-state index in [9.17, 15) is 20.0 Å². The van der Waals surface area contributed by atoms with Gasteiger partial charge in [-0.15, -0.1) is 0 Å². The zero-order valence-corrected chi connectivity index (χ0v) is 11.4. The maximum atomic E-state index is 11.4. The SMILES string of the molecule is O=C(O)/C(=C/c1ccc(Cl)c([N+](=O)[O-])c1)c1ccccc1. The Morgan fingerprint density at radius 3 is 2.43 bits per heavy atom. The van der Waals surface area contributed by atoms with E-state index < -0.39 is 10.9 Å². The fourth-order valence-electron chi connectivity index (χ4n) is 1.81. The first-order chi connectivity index (χ1) is 9.99. The van der Waals surface area contributed by atoms with E-state index >= 15 is 0 Å². The minimum absolute atomic E-state index is 0.00809. The molecule has 0 amide bonds. The quantitative estimate of drug-likeness (QED) is 0.402. The average molecular weight is 304 g/mol. The van der Waals surface area contributed by atoms with Gasteiger partial charge in [0.1, 0.15) is 5.02 Å². The molecule has 0 atom stereocenters. The monoisotopic (exact) mass is 303 g/mol. The van der Waals surface area contributed by atoms with E-state index in [1.807, 2.05) is 0 Å². The number of rotatable bonds is 4. The van der Waals surface area contributed by atoms with Crippen molar-refractivity contribution in [1.82, 2.24) is 0 Å². The highest BCUT2D eigenvalue weighted by molar-refractivity contribution is 6.32. The summed E-state index contributed by atoms with van der Waals surface area (Å²) in [6.45, 7) is 0. The number of hydrogen-bond acceptors (Lipinski definition) is 3. The van der Waals surface area contributed by atoms with Crippen LogP contribution in [0.2, 0.25) is 5.02 Å². The van der Waals surface area contributed by atoms with Gasteiger partial charge in [-0.05, 0) is 23.3 Å². The van der Waals surface area contributed by atoms with Crippen LogP contribution < -0.4 is 0 Å². The Labute approximate surface area is 125 Å². The fraction of sp³-hybridized carbons (Fsp3) is 0. The van der Waals surface area contributed by atoms with Gasteiger partial charge in [0.15, 0.2) is 0 Å². The van der Waals surface area contributed by atoms with Gasteiger partial charge >= 0.3 is 5.97 Å². The van der Waals surface area contributed by atoms with Crippen molar-refractivity contribution in [2.45, 2.75) is 0 Å². The third-order valence-corrected chi connectivity index (χ3v) is 3.11. The number of hydrogen-bond donors (Lipinski definition) is 1. The molecule has 0 spiro atoms. The first-order valence-corrected chi connectivity index (χ1v) is 6.31. The first-order valence-electron chi connectivity index (χ1n) is 5.93. The summed E-state index contributed by atoms with van der Waals surface area (Å²) in [6.07, 6.45) is 1.38. The van der Waals surface area contributed by atoms with E-state index in [1.165, 1.54) is 24.3 Å². The lowest BCUT2D eigenvalue weighted by Gasteiger charge is -2.03. The molecule has 0 saturated carbocycles. The van der Waals surface area contributed by atoms with Crippen LogP contribution in [-0.4, -0.2) is 16.0 Å². The number of nitro benzene ring substituents is 1. The summed E-state index contributed by atoms with van der Waals surface area (Å²) in [5.41, 5.74) is 0.699. The summed E-state index contributed by atoms with van der Waals surface area (Å²) in [4.78, 5) is 21.6. The van der Waals surface area contributed by atoms with Gasteiger partial charge in [-0.3, -0.25) is 10.1 Å². The van der Waals surface area contributed by atoms with Crippen LogP contribution >= 0.6 is 11.6 Å². The van der Waals surface area contributed by atoms with Crippen LogP contribution in [-0.2, 0) is 4.79 Å². The van der Waals surface area contributed by atoms with Gasteiger partial charge in [-0.2, -0.15) is 0 Å². The first kappa shape index (κ1) is 14.7. The van der Waals surface area contributed by atoms with Crippen molar-refractivity contribution in [3.05, 3.63) is 74.8 Å². The van der Waals surface area contributed by atoms with Crippen molar-refractivity contribution in [3.8, 4) is 0 Å². The molecule has 21 heavy (non-hydrogen) atoms. The topological polar surface area (TPSA) is 80.4 Å². The van der Waals surface area contributed by atoms with Crippen LogP contribution in [0, 0.1) is 10.1 Å². The Morgan fingerprint density at radius 1 is 1.19 bits per heavy atom.